The summed E-state index contributed by atoms with van der Waals surface area (Å²) in [5.41, 5.74) is 0. The van der Waals surface area contributed by atoms with Crippen LogP contribution < -0.4 is 40.0 Å². The third-order valence-electron chi connectivity index (χ3n) is 4.06. The molecule has 27 heavy (non-hydrogen) atoms. The Bertz CT molecular complexity index is 411. The average molecular weight is 390 g/mol. The third-order valence-corrected chi connectivity index (χ3v) is 4.06. The summed E-state index contributed by atoms with van der Waals surface area (Å²) in [6, 6.07) is 0. The summed E-state index contributed by atoms with van der Waals surface area (Å²) < 4.78 is 0. The van der Waals surface area contributed by atoms with Crippen LogP contribution in [-0.2, 0) is 9.59 Å². The van der Waals surface area contributed by atoms with E-state index in [4.69, 9.17) is 5.11 Å². The predicted octanol–water partition coefficient (Wildman–Crippen LogP) is 0.0325. The van der Waals surface area contributed by atoms with Crippen molar-refractivity contribution in [3.8, 4) is 0 Å². The quantitative estimate of drug-likeness (QED) is 0.197. The summed E-state index contributed by atoms with van der Waals surface area (Å²) in [7, 11) is 0. The Morgan fingerprint density at radius 1 is 0.741 bits per heavy atom. The van der Waals surface area contributed by atoms with Crippen LogP contribution in [0.3, 0.4) is 0 Å². The number of unbranched alkanes of at least 4 members (excludes halogenated alkanes) is 9. The Labute approximate surface area is 187 Å². The molecule has 0 radical (unpaired) electrons. The first-order chi connectivity index (χ1) is 12.7. The normalized spacial score (nSPS) is 11.0. The van der Waals surface area contributed by atoms with Gasteiger partial charge in [-0.3, -0.25) is 4.79 Å². The van der Waals surface area contributed by atoms with Crippen molar-refractivity contribution in [2.24, 2.45) is 0 Å². The van der Waals surface area contributed by atoms with Gasteiger partial charge in [-0.2, -0.15) is 0 Å². The molecule has 0 aliphatic heterocycles. The number of carboxylic acid groups (broad SMARTS) is 1. The smallest absolute Gasteiger partial charge is 0.548 e. The minimum absolute atomic E-state index is 0. The van der Waals surface area contributed by atoms with Crippen molar-refractivity contribution >= 4 is 11.9 Å². The number of rotatable bonds is 18. The molecule has 6 heteroatoms. The van der Waals surface area contributed by atoms with Crippen LogP contribution in [0.1, 0.15) is 83.5 Å². The first kappa shape index (κ1) is 28.6. The van der Waals surface area contributed by atoms with E-state index in [9.17, 15) is 14.7 Å². The van der Waals surface area contributed by atoms with Gasteiger partial charge in [0.1, 0.15) is 0 Å². The molecule has 2 N–H and O–H groups in total. The number of nitrogens with one attached hydrogen (secondary N) is 1. The minimum atomic E-state index is -1.26. The standard InChI is InChI=1S/C21H37NO4.Na/c23-18-16-14-12-10-8-6-4-2-1-3-5-7-9-11-13-15-17-20(24)22-19-21(25)26;/h8-11,23H,1-7,12-19H2,(H,22,24)(H,25,26);/q;+1/p-1/b10-8-,11-9-;. The van der Waals surface area contributed by atoms with E-state index in [2.05, 4.69) is 29.6 Å². The number of amides is 1. The molecule has 5 nitrogen and oxygen atoms in total. The van der Waals surface area contributed by atoms with Crippen molar-refractivity contribution in [2.75, 3.05) is 13.2 Å². The fourth-order valence-corrected chi connectivity index (χ4v) is 2.54. The Hall–Kier alpha value is -0.620. The predicted molar refractivity (Wildman–Crippen MR) is 103 cm³/mol. The molecule has 150 valence electrons. The van der Waals surface area contributed by atoms with E-state index in [0.29, 0.717) is 13.0 Å². The summed E-state index contributed by atoms with van der Waals surface area (Å²) in [5, 5.41) is 21.2. The fourth-order valence-electron chi connectivity index (χ4n) is 2.54. The van der Waals surface area contributed by atoms with E-state index in [-0.39, 0.29) is 35.5 Å². The monoisotopic (exact) mass is 389 g/mol. The number of carboxylic acids is 1. The molecule has 0 aromatic heterocycles. The number of aliphatic hydroxyl groups is 1. The third kappa shape index (κ3) is 25.4. The second kappa shape index (κ2) is 23.4. The zero-order chi connectivity index (χ0) is 19.3. The molecular weight excluding hydrogens is 353 g/mol. The van der Waals surface area contributed by atoms with Crippen molar-refractivity contribution in [3.63, 3.8) is 0 Å². The molecule has 0 rings (SSSR count). The van der Waals surface area contributed by atoms with Crippen LogP contribution in [0.15, 0.2) is 24.3 Å². The van der Waals surface area contributed by atoms with Gasteiger partial charge in [0.05, 0.1) is 12.5 Å². The van der Waals surface area contributed by atoms with Gasteiger partial charge in [0.15, 0.2) is 0 Å². The summed E-state index contributed by atoms with van der Waals surface area (Å²) in [6.45, 7) is -0.109. The maximum Gasteiger partial charge on any atom is 1.00 e. The van der Waals surface area contributed by atoms with Gasteiger partial charge in [-0.1, -0.05) is 43.6 Å². The zero-order valence-corrected chi connectivity index (χ0v) is 19.1. The van der Waals surface area contributed by atoms with Gasteiger partial charge in [0.25, 0.3) is 0 Å². The Kier molecular flexibility index (Phi) is 24.8. The van der Waals surface area contributed by atoms with Crippen LogP contribution >= 0.6 is 0 Å². The largest absolute Gasteiger partial charge is 1.00 e. The van der Waals surface area contributed by atoms with E-state index in [1.807, 2.05) is 0 Å². The summed E-state index contributed by atoms with van der Waals surface area (Å²) in [6.07, 6.45) is 22.3. The Morgan fingerprint density at radius 3 is 1.67 bits per heavy atom. The number of allylic oxidation sites excluding steroid dienone is 4. The Morgan fingerprint density at radius 2 is 1.19 bits per heavy atom. The molecule has 0 aliphatic carbocycles. The summed E-state index contributed by atoms with van der Waals surface area (Å²) in [4.78, 5) is 21.5. The van der Waals surface area contributed by atoms with Crippen molar-refractivity contribution in [3.05, 3.63) is 24.3 Å². The van der Waals surface area contributed by atoms with E-state index in [0.717, 1.165) is 44.9 Å². The zero-order valence-electron chi connectivity index (χ0n) is 17.1. The summed E-state index contributed by atoms with van der Waals surface area (Å²) >= 11 is 0. The van der Waals surface area contributed by atoms with Crippen LogP contribution in [0, 0.1) is 0 Å². The number of hydrogen-bond acceptors (Lipinski definition) is 4. The molecule has 0 aromatic carbocycles. The number of aliphatic carboxylic acids is 1. The van der Waals surface area contributed by atoms with Crippen molar-refractivity contribution < 1.29 is 49.4 Å². The van der Waals surface area contributed by atoms with E-state index < -0.39 is 12.5 Å². The van der Waals surface area contributed by atoms with E-state index >= 15 is 0 Å². The van der Waals surface area contributed by atoms with Crippen molar-refractivity contribution in [1.29, 1.82) is 0 Å². The van der Waals surface area contributed by atoms with Gasteiger partial charge >= 0.3 is 29.6 Å². The fraction of sp³-hybridized carbons (Fsp3) is 0.714. The molecule has 0 saturated heterocycles. The molecule has 0 saturated carbocycles. The van der Waals surface area contributed by atoms with Crippen LogP contribution in [0.25, 0.3) is 0 Å². The average Bonchev–Trinajstić information content (AvgIpc) is 2.62. The van der Waals surface area contributed by atoms with Gasteiger partial charge in [0.2, 0.25) is 5.91 Å². The topological polar surface area (TPSA) is 89.5 Å². The number of aliphatic hydroxyl groups excluding tert-OH is 1. The molecule has 0 atom stereocenters. The van der Waals surface area contributed by atoms with Gasteiger partial charge in [-0.15, -0.1) is 0 Å². The molecule has 0 unspecified atom stereocenters. The molecular formula is C21H36NNaO4. The number of carbonyl (C=O) groups is 2. The number of carbonyl (C=O) groups excluding carboxylic acids is 2. The van der Waals surface area contributed by atoms with Crippen molar-refractivity contribution in [1.82, 2.24) is 5.32 Å². The van der Waals surface area contributed by atoms with Gasteiger partial charge in [-0.25, -0.2) is 0 Å². The summed E-state index contributed by atoms with van der Waals surface area (Å²) in [5.74, 6) is -1.49. The van der Waals surface area contributed by atoms with E-state index in [1.165, 1.54) is 32.1 Å². The maximum absolute atomic E-state index is 11.3. The van der Waals surface area contributed by atoms with Gasteiger partial charge in [0, 0.05) is 13.0 Å². The minimum Gasteiger partial charge on any atom is -0.548 e. The molecule has 0 heterocycles. The second-order valence-corrected chi connectivity index (χ2v) is 6.55. The molecule has 1 amide bonds. The molecule has 0 fully saturated rings. The molecule has 0 aliphatic rings. The first-order valence-corrected chi connectivity index (χ1v) is 10.0. The van der Waals surface area contributed by atoms with Crippen LogP contribution in [-0.4, -0.2) is 30.1 Å². The van der Waals surface area contributed by atoms with Crippen LogP contribution in [0.5, 0.6) is 0 Å². The first-order valence-electron chi connectivity index (χ1n) is 10.0. The Balaban J connectivity index is 0. The van der Waals surface area contributed by atoms with Gasteiger partial charge in [-0.05, 0) is 57.8 Å². The second-order valence-electron chi connectivity index (χ2n) is 6.55. The molecule has 0 bridgehead atoms. The molecule has 0 spiro atoms. The number of hydrogen-bond donors (Lipinski definition) is 2. The van der Waals surface area contributed by atoms with Gasteiger partial charge < -0.3 is 20.3 Å². The SMILES string of the molecule is O=C([O-])CNC(=O)CCC/C=C\CCCCCCC/C=C\CCCCO.[Na+]. The molecule has 0 aromatic rings. The van der Waals surface area contributed by atoms with E-state index in [1.54, 1.807) is 0 Å². The maximum atomic E-state index is 11.3. The van der Waals surface area contributed by atoms with Crippen LogP contribution in [0.4, 0.5) is 0 Å². The van der Waals surface area contributed by atoms with Crippen molar-refractivity contribution in [2.45, 2.75) is 83.5 Å². The van der Waals surface area contributed by atoms with Crippen LogP contribution in [0.2, 0.25) is 0 Å².